The van der Waals surface area contributed by atoms with Gasteiger partial charge in [-0.2, -0.15) is 0 Å². The van der Waals surface area contributed by atoms with Crippen molar-refractivity contribution in [2.75, 3.05) is 0 Å². The molecular weight excluding hydrogens is 480 g/mol. The van der Waals surface area contributed by atoms with Crippen molar-refractivity contribution in [1.29, 1.82) is 0 Å². The minimum atomic E-state index is -0.807. The summed E-state index contributed by atoms with van der Waals surface area (Å²) in [5.41, 5.74) is 0. The summed E-state index contributed by atoms with van der Waals surface area (Å²) in [4.78, 5) is 11.7. The second kappa shape index (κ2) is 32.0. The molecule has 0 saturated carbocycles. The summed E-state index contributed by atoms with van der Waals surface area (Å²) >= 11 is 0. The van der Waals surface area contributed by atoms with Gasteiger partial charge in [0.15, 0.2) is 0 Å². The van der Waals surface area contributed by atoms with Crippen LogP contribution >= 0.6 is 0 Å². The van der Waals surface area contributed by atoms with Crippen LogP contribution in [0.2, 0.25) is 0 Å². The molecule has 0 aromatic heterocycles. The normalized spacial score (nSPS) is 13.1. The van der Waals surface area contributed by atoms with Gasteiger partial charge in [0.2, 0.25) is 0 Å². The number of unbranched alkanes of at least 4 members (excludes halogenated alkanes) is 27. The maximum atomic E-state index is 11.7. The van der Waals surface area contributed by atoms with Crippen LogP contribution in [0.4, 0.5) is 0 Å². The van der Waals surface area contributed by atoms with Gasteiger partial charge in [-0.3, -0.25) is 4.79 Å². The molecule has 0 aliphatic heterocycles. The first-order chi connectivity index (χ1) is 19.1. The lowest BCUT2D eigenvalue weighted by molar-refractivity contribution is -0.146. The lowest BCUT2D eigenvalue weighted by Crippen LogP contribution is -2.28. The van der Waals surface area contributed by atoms with Crippen molar-refractivity contribution in [1.82, 2.24) is 0 Å². The van der Waals surface area contributed by atoms with Crippen molar-refractivity contribution in [3.8, 4) is 0 Å². The summed E-state index contributed by atoms with van der Waals surface area (Å²) in [6.07, 6.45) is 38.8. The molecule has 0 amide bonds. The number of hydrogen-bond acceptors (Lipinski definition) is 2. The third-order valence-corrected chi connectivity index (χ3v) is 8.75. The molecule has 0 radical (unpaired) electrons. The number of carboxylic acid groups (broad SMARTS) is 1. The second-order valence-corrected chi connectivity index (χ2v) is 12.6. The Labute approximate surface area is 245 Å². The van der Waals surface area contributed by atoms with Crippen LogP contribution in [0.15, 0.2) is 0 Å². The van der Waals surface area contributed by atoms with Crippen molar-refractivity contribution in [3.63, 3.8) is 0 Å². The summed E-state index contributed by atoms with van der Waals surface area (Å²) in [6.45, 7) is 4.55. The molecular formula is C36H72O3. The SMILES string of the molecule is CCCCCCCCCCCCCCCCCCC(C(=O)O)C(O)CCCCCCCCCCCCCCC. The molecule has 2 N–H and O–H groups in total. The van der Waals surface area contributed by atoms with Gasteiger partial charge in [-0.05, 0) is 12.8 Å². The van der Waals surface area contributed by atoms with E-state index in [9.17, 15) is 15.0 Å². The highest BCUT2D eigenvalue weighted by molar-refractivity contribution is 5.70. The Morgan fingerprint density at radius 2 is 0.641 bits per heavy atom. The van der Waals surface area contributed by atoms with Crippen LogP contribution in [0.25, 0.3) is 0 Å². The lowest BCUT2D eigenvalue weighted by atomic mass is 9.91. The third kappa shape index (κ3) is 28.7. The third-order valence-electron chi connectivity index (χ3n) is 8.75. The monoisotopic (exact) mass is 553 g/mol. The first-order valence-corrected chi connectivity index (χ1v) is 18.0. The second-order valence-electron chi connectivity index (χ2n) is 12.6. The maximum absolute atomic E-state index is 11.7. The highest BCUT2D eigenvalue weighted by atomic mass is 16.4. The predicted octanol–water partition coefficient (Wildman–Crippen LogP) is 12.2. The fraction of sp³-hybridized carbons (Fsp3) is 0.972. The number of aliphatic carboxylic acids is 1. The zero-order chi connectivity index (χ0) is 28.7. The van der Waals surface area contributed by atoms with Crippen LogP contribution in [0.1, 0.15) is 213 Å². The van der Waals surface area contributed by atoms with E-state index in [2.05, 4.69) is 13.8 Å². The van der Waals surface area contributed by atoms with Crippen molar-refractivity contribution >= 4 is 5.97 Å². The molecule has 3 heteroatoms. The summed E-state index contributed by atoms with van der Waals surface area (Å²) < 4.78 is 0. The number of aliphatic hydroxyl groups excluding tert-OH is 1. The zero-order valence-electron chi connectivity index (χ0n) is 26.9. The van der Waals surface area contributed by atoms with Gasteiger partial charge in [-0.15, -0.1) is 0 Å². The fourth-order valence-electron chi connectivity index (χ4n) is 5.97. The van der Waals surface area contributed by atoms with Crippen molar-refractivity contribution < 1.29 is 15.0 Å². The van der Waals surface area contributed by atoms with Gasteiger partial charge in [-0.25, -0.2) is 0 Å². The molecule has 2 atom stereocenters. The molecule has 0 heterocycles. The molecule has 0 aromatic rings. The topological polar surface area (TPSA) is 57.5 Å². The molecule has 0 bridgehead atoms. The van der Waals surface area contributed by atoms with Gasteiger partial charge in [0.25, 0.3) is 0 Å². The molecule has 3 nitrogen and oxygen atoms in total. The quantitative estimate of drug-likeness (QED) is 0.0796. The highest BCUT2D eigenvalue weighted by Crippen LogP contribution is 2.21. The van der Waals surface area contributed by atoms with Gasteiger partial charge in [0.1, 0.15) is 0 Å². The maximum Gasteiger partial charge on any atom is 0.309 e. The van der Waals surface area contributed by atoms with E-state index < -0.39 is 18.0 Å². The van der Waals surface area contributed by atoms with Gasteiger partial charge in [-0.1, -0.05) is 200 Å². The summed E-state index contributed by atoms with van der Waals surface area (Å²) in [5, 5.41) is 20.1. The predicted molar refractivity (Wildman–Crippen MR) is 172 cm³/mol. The van der Waals surface area contributed by atoms with Crippen LogP contribution < -0.4 is 0 Å². The number of carbonyl (C=O) groups is 1. The Kier molecular flexibility index (Phi) is 31.5. The molecule has 0 fully saturated rings. The number of carboxylic acids is 1. The Morgan fingerprint density at radius 3 is 0.897 bits per heavy atom. The van der Waals surface area contributed by atoms with E-state index in [1.54, 1.807) is 0 Å². The summed E-state index contributed by atoms with van der Waals surface area (Å²) in [7, 11) is 0. The number of aliphatic hydroxyl groups is 1. The van der Waals surface area contributed by atoms with Gasteiger partial charge in [0.05, 0.1) is 12.0 Å². The fourth-order valence-corrected chi connectivity index (χ4v) is 5.97. The van der Waals surface area contributed by atoms with Crippen molar-refractivity contribution in [2.45, 2.75) is 219 Å². The Hall–Kier alpha value is -0.570. The standard InChI is InChI=1S/C36H72O3/c1-3-5-7-9-11-13-15-17-18-19-21-22-24-26-28-30-32-34(36(38)39)35(37)33-31-29-27-25-23-20-16-14-12-10-8-6-4-2/h34-35,37H,3-33H2,1-2H3,(H,38,39). The first kappa shape index (κ1) is 38.4. The average molecular weight is 553 g/mol. The van der Waals surface area contributed by atoms with Gasteiger partial charge >= 0.3 is 5.97 Å². The van der Waals surface area contributed by atoms with E-state index in [4.69, 9.17) is 0 Å². The summed E-state index contributed by atoms with van der Waals surface area (Å²) in [6, 6.07) is 0. The van der Waals surface area contributed by atoms with Crippen LogP contribution in [0, 0.1) is 5.92 Å². The Balaban J connectivity index is 3.52. The Bertz CT molecular complexity index is 478. The van der Waals surface area contributed by atoms with Gasteiger partial charge < -0.3 is 10.2 Å². The highest BCUT2D eigenvalue weighted by Gasteiger charge is 2.25. The van der Waals surface area contributed by atoms with Gasteiger partial charge in [0, 0.05) is 0 Å². The molecule has 0 aliphatic rings. The molecule has 0 spiro atoms. The lowest BCUT2D eigenvalue weighted by Gasteiger charge is -2.19. The van der Waals surface area contributed by atoms with E-state index in [1.165, 1.54) is 161 Å². The van der Waals surface area contributed by atoms with Crippen LogP contribution in [0.5, 0.6) is 0 Å². The molecule has 0 saturated heterocycles. The first-order valence-electron chi connectivity index (χ1n) is 18.0. The molecule has 39 heavy (non-hydrogen) atoms. The van der Waals surface area contributed by atoms with E-state index >= 15 is 0 Å². The van der Waals surface area contributed by atoms with Crippen molar-refractivity contribution in [2.24, 2.45) is 5.92 Å². The van der Waals surface area contributed by atoms with E-state index in [1.807, 2.05) is 0 Å². The average Bonchev–Trinajstić information content (AvgIpc) is 2.92. The van der Waals surface area contributed by atoms with Crippen molar-refractivity contribution in [3.05, 3.63) is 0 Å². The number of hydrogen-bond donors (Lipinski definition) is 2. The minimum absolute atomic E-state index is 0.575. The Morgan fingerprint density at radius 1 is 0.410 bits per heavy atom. The van der Waals surface area contributed by atoms with Crippen LogP contribution in [-0.2, 0) is 4.79 Å². The zero-order valence-corrected chi connectivity index (χ0v) is 26.9. The van der Waals surface area contributed by atoms with E-state index in [-0.39, 0.29) is 0 Å². The van der Waals surface area contributed by atoms with Crippen LogP contribution in [-0.4, -0.2) is 22.3 Å². The minimum Gasteiger partial charge on any atom is -0.481 e. The number of rotatable bonds is 33. The molecule has 234 valence electrons. The molecule has 0 rings (SSSR count). The molecule has 0 aliphatic carbocycles. The smallest absolute Gasteiger partial charge is 0.309 e. The summed E-state index contributed by atoms with van der Waals surface area (Å²) in [5.74, 6) is -1.38. The van der Waals surface area contributed by atoms with E-state index in [0.717, 1.165) is 25.7 Å². The van der Waals surface area contributed by atoms with E-state index in [0.29, 0.717) is 12.8 Å². The van der Waals surface area contributed by atoms with Crippen LogP contribution in [0.3, 0.4) is 0 Å². The molecule has 0 aromatic carbocycles. The largest absolute Gasteiger partial charge is 0.481 e. The molecule has 2 unspecified atom stereocenters.